The molecule has 0 aromatic carbocycles. The fourth-order valence-corrected chi connectivity index (χ4v) is 2.01. The van der Waals surface area contributed by atoms with Crippen molar-refractivity contribution in [3.8, 4) is 0 Å². The molecule has 0 saturated heterocycles. The van der Waals surface area contributed by atoms with Gasteiger partial charge in [0.05, 0.1) is 6.10 Å². The maximum atomic E-state index is 9.86. The lowest BCUT2D eigenvalue weighted by atomic mass is 9.89. The van der Waals surface area contributed by atoms with Crippen molar-refractivity contribution in [1.29, 1.82) is 0 Å². The molecule has 1 fully saturated rings. The first-order chi connectivity index (χ1) is 5.63. The summed E-state index contributed by atoms with van der Waals surface area (Å²) in [6.07, 6.45) is 4.61. The first-order valence-electron chi connectivity index (χ1n) is 5.06. The molecule has 0 aromatic rings. The molecular weight excluding hydrogens is 150 g/mol. The van der Waals surface area contributed by atoms with Gasteiger partial charge < -0.3 is 10.8 Å². The Bertz CT molecular complexity index is 128. The first kappa shape index (κ1) is 10.0. The maximum Gasteiger partial charge on any atom is 0.0721 e. The van der Waals surface area contributed by atoms with Gasteiger partial charge in [-0.1, -0.05) is 26.7 Å². The Morgan fingerprint density at radius 3 is 2.17 bits per heavy atom. The van der Waals surface area contributed by atoms with Crippen LogP contribution in [0.2, 0.25) is 0 Å². The van der Waals surface area contributed by atoms with Gasteiger partial charge in [-0.15, -0.1) is 0 Å². The Hall–Kier alpha value is -0.0800. The van der Waals surface area contributed by atoms with Gasteiger partial charge >= 0.3 is 0 Å². The molecule has 1 rings (SSSR count). The van der Waals surface area contributed by atoms with Crippen LogP contribution in [0, 0.1) is 11.8 Å². The van der Waals surface area contributed by atoms with E-state index >= 15 is 0 Å². The van der Waals surface area contributed by atoms with Gasteiger partial charge in [0, 0.05) is 6.04 Å². The zero-order valence-corrected chi connectivity index (χ0v) is 8.16. The van der Waals surface area contributed by atoms with Crippen molar-refractivity contribution in [3.63, 3.8) is 0 Å². The predicted octanol–water partition coefficient (Wildman–Crippen LogP) is 1.52. The maximum absolute atomic E-state index is 9.86. The molecule has 0 radical (unpaired) electrons. The van der Waals surface area contributed by atoms with Gasteiger partial charge in [0.1, 0.15) is 0 Å². The lowest BCUT2D eigenvalue weighted by Gasteiger charge is -2.26. The van der Waals surface area contributed by atoms with E-state index < -0.39 is 0 Å². The number of hydrogen-bond donors (Lipinski definition) is 2. The summed E-state index contributed by atoms with van der Waals surface area (Å²) in [6, 6.07) is -0.0342. The summed E-state index contributed by atoms with van der Waals surface area (Å²) in [5.41, 5.74) is 5.89. The van der Waals surface area contributed by atoms with Crippen molar-refractivity contribution in [2.45, 2.75) is 51.7 Å². The molecule has 0 heterocycles. The summed E-state index contributed by atoms with van der Waals surface area (Å²) in [5, 5.41) is 9.86. The van der Waals surface area contributed by atoms with E-state index in [1.165, 1.54) is 25.7 Å². The number of aliphatic hydroxyl groups is 1. The Morgan fingerprint density at radius 1 is 1.25 bits per heavy atom. The summed E-state index contributed by atoms with van der Waals surface area (Å²) >= 11 is 0. The molecule has 2 heteroatoms. The van der Waals surface area contributed by atoms with Crippen molar-refractivity contribution in [2.75, 3.05) is 0 Å². The topological polar surface area (TPSA) is 46.2 Å². The molecule has 0 spiro atoms. The van der Waals surface area contributed by atoms with Gasteiger partial charge in [-0.05, 0) is 24.7 Å². The smallest absolute Gasteiger partial charge is 0.0721 e. The van der Waals surface area contributed by atoms with Crippen LogP contribution in [0.15, 0.2) is 0 Å². The molecule has 0 bridgehead atoms. The molecular formula is C10H21NO. The van der Waals surface area contributed by atoms with Crippen LogP contribution < -0.4 is 5.73 Å². The van der Waals surface area contributed by atoms with Crippen LogP contribution in [-0.4, -0.2) is 17.3 Å². The highest BCUT2D eigenvalue weighted by Crippen LogP contribution is 2.29. The van der Waals surface area contributed by atoms with Crippen molar-refractivity contribution in [2.24, 2.45) is 17.6 Å². The first-order valence-corrected chi connectivity index (χ1v) is 5.06. The summed E-state index contributed by atoms with van der Waals surface area (Å²) in [7, 11) is 0. The normalized spacial score (nSPS) is 24.8. The fraction of sp³-hybridized carbons (Fsp3) is 1.00. The molecule has 2 unspecified atom stereocenters. The SMILES string of the molecule is CC(C)C(N)C(O)C1CCCC1. The Labute approximate surface area is 75.2 Å². The van der Waals surface area contributed by atoms with E-state index in [-0.39, 0.29) is 12.1 Å². The highest BCUT2D eigenvalue weighted by molar-refractivity contribution is 4.83. The Balaban J connectivity index is 2.39. The Morgan fingerprint density at radius 2 is 1.75 bits per heavy atom. The summed E-state index contributed by atoms with van der Waals surface area (Å²) in [6.45, 7) is 4.14. The second kappa shape index (κ2) is 4.24. The van der Waals surface area contributed by atoms with Crippen LogP contribution >= 0.6 is 0 Å². The van der Waals surface area contributed by atoms with Gasteiger partial charge in [-0.25, -0.2) is 0 Å². The average Bonchev–Trinajstić information content (AvgIpc) is 2.53. The third-order valence-electron chi connectivity index (χ3n) is 3.05. The molecule has 72 valence electrons. The number of aliphatic hydroxyl groups excluding tert-OH is 1. The third-order valence-corrected chi connectivity index (χ3v) is 3.05. The lowest BCUT2D eigenvalue weighted by Crippen LogP contribution is -2.42. The van der Waals surface area contributed by atoms with Gasteiger partial charge in [0.25, 0.3) is 0 Å². The molecule has 1 aliphatic rings. The van der Waals surface area contributed by atoms with Crippen molar-refractivity contribution in [3.05, 3.63) is 0 Å². The minimum Gasteiger partial charge on any atom is -0.391 e. The standard InChI is InChI=1S/C10H21NO/c1-7(2)9(11)10(12)8-5-3-4-6-8/h7-10,12H,3-6,11H2,1-2H3. The number of hydrogen-bond acceptors (Lipinski definition) is 2. The molecule has 12 heavy (non-hydrogen) atoms. The summed E-state index contributed by atoms with van der Waals surface area (Å²) in [5.74, 6) is 0.864. The second-order valence-electron chi connectivity index (χ2n) is 4.36. The van der Waals surface area contributed by atoms with Gasteiger partial charge in [0.15, 0.2) is 0 Å². The Kier molecular flexibility index (Phi) is 3.53. The number of rotatable bonds is 3. The average molecular weight is 171 g/mol. The minimum atomic E-state index is -0.271. The van der Waals surface area contributed by atoms with Crippen molar-refractivity contribution in [1.82, 2.24) is 0 Å². The fourth-order valence-electron chi connectivity index (χ4n) is 2.01. The van der Waals surface area contributed by atoms with Gasteiger partial charge in [0.2, 0.25) is 0 Å². The molecule has 2 atom stereocenters. The zero-order valence-electron chi connectivity index (χ0n) is 8.16. The van der Waals surface area contributed by atoms with Gasteiger partial charge in [-0.2, -0.15) is 0 Å². The predicted molar refractivity (Wildman–Crippen MR) is 50.8 cm³/mol. The second-order valence-corrected chi connectivity index (χ2v) is 4.36. The van der Waals surface area contributed by atoms with Crippen molar-refractivity contribution >= 4 is 0 Å². The van der Waals surface area contributed by atoms with Gasteiger partial charge in [-0.3, -0.25) is 0 Å². The van der Waals surface area contributed by atoms with E-state index in [9.17, 15) is 5.11 Å². The van der Waals surface area contributed by atoms with E-state index in [0.29, 0.717) is 11.8 Å². The van der Waals surface area contributed by atoms with Crippen LogP contribution in [0.1, 0.15) is 39.5 Å². The largest absolute Gasteiger partial charge is 0.391 e. The molecule has 0 aromatic heterocycles. The van der Waals surface area contributed by atoms with E-state index in [1.54, 1.807) is 0 Å². The molecule has 3 N–H and O–H groups in total. The van der Waals surface area contributed by atoms with Crippen LogP contribution in [0.4, 0.5) is 0 Å². The van der Waals surface area contributed by atoms with E-state index in [0.717, 1.165) is 0 Å². The number of nitrogens with two attached hydrogens (primary N) is 1. The quantitative estimate of drug-likeness (QED) is 0.676. The van der Waals surface area contributed by atoms with Crippen LogP contribution in [0.5, 0.6) is 0 Å². The zero-order chi connectivity index (χ0) is 9.14. The van der Waals surface area contributed by atoms with E-state index in [4.69, 9.17) is 5.73 Å². The van der Waals surface area contributed by atoms with Crippen LogP contribution in [-0.2, 0) is 0 Å². The lowest BCUT2D eigenvalue weighted by molar-refractivity contribution is 0.0690. The molecule has 0 amide bonds. The van der Waals surface area contributed by atoms with E-state index in [1.807, 2.05) is 0 Å². The molecule has 2 nitrogen and oxygen atoms in total. The molecule has 0 aliphatic heterocycles. The highest BCUT2D eigenvalue weighted by Gasteiger charge is 2.28. The minimum absolute atomic E-state index is 0.0342. The monoisotopic (exact) mass is 171 g/mol. The molecule has 1 saturated carbocycles. The van der Waals surface area contributed by atoms with Crippen LogP contribution in [0.25, 0.3) is 0 Å². The highest BCUT2D eigenvalue weighted by atomic mass is 16.3. The van der Waals surface area contributed by atoms with E-state index in [2.05, 4.69) is 13.8 Å². The van der Waals surface area contributed by atoms with Crippen molar-refractivity contribution < 1.29 is 5.11 Å². The van der Waals surface area contributed by atoms with Crippen LogP contribution in [0.3, 0.4) is 0 Å². The molecule has 1 aliphatic carbocycles. The third kappa shape index (κ3) is 2.20. The summed E-state index contributed by atoms with van der Waals surface area (Å²) in [4.78, 5) is 0. The summed E-state index contributed by atoms with van der Waals surface area (Å²) < 4.78 is 0.